The van der Waals surface area contributed by atoms with Gasteiger partial charge in [-0.15, -0.1) is 0 Å². The second-order valence-corrected chi connectivity index (χ2v) is 7.27. The van der Waals surface area contributed by atoms with E-state index in [1.807, 2.05) is 49.4 Å². The maximum Gasteiger partial charge on any atom is 0.264 e. The number of nitrogens with one attached hydrogen (secondary N) is 1. The fraction of sp³-hybridized carbons (Fsp3) is 0.111. The van der Waals surface area contributed by atoms with Gasteiger partial charge in [0, 0.05) is 4.47 Å². The van der Waals surface area contributed by atoms with Crippen LogP contribution in [-0.4, -0.2) is 11.1 Å². The number of amidine groups is 1. The first-order chi connectivity index (χ1) is 11.0. The van der Waals surface area contributed by atoms with Gasteiger partial charge >= 0.3 is 0 Å². The Kier molecular flexibility index (Phi) is 4.68. The molecule has 23 heavy (non-hydrogen) atoms. The number of carbonyl (C=O) groups excluding carboxylic acids is 1. The molecule has 1 saturated heterocycles. The molecule has 0 aromatic heterocycles. The van der Waals surface area contributed by atoms with Gasteiger partial charge < -0.3 is 5.32 Å². The normalized spacial score (nSPS) is 17.8. The number of hydrogen-bond donors (Lipinski definition) is 1. The molecule has 1 heterocycles. The van der Waals surface area contributed by atoms with E-state index in [2.05, 4.69) is 39.2 Å². The van der Waals surface area contributed by atoms with Gasteiger partial charge in [-0.05, 0) is 61.0 Å². The largest absolute Gasteiger partial charge is 0.300 e. The van der Waals surface area contributed by atoms with Crippen LogP contribution in [0.4, 0.5) is 5.69 Å². The lowest BCUT2D eigenvalue weighted by Gasteiger charge is -2.02. The minimum atomic E-state index is -0.110. The van der Waals surface area contributed by atoms with Crippen LogP contribution < -0.4 is 5.32 Å². The quantitative estimate of drug-likeness (QED) is 0.741. The standard InChI is InChI=1S/C18H15BrN2OS/c1-11-3-8-15(12(2)9-11)20-18-21-17(22)16(23-18)10-13-4-6-14(19)7-5-13/h3-10H,1-2H3,(H,20,21,22)/b16-10-. The van der Waals surface area contributed by atoms with Crippen LogP contribution in [0.2, 0.25) is 0 Å². The van der Waals surface area contributed by atoms with Gasteiger partial charge in [-0.25, -0.2) is 4.99 Å². The molecule has 1 amide bonds. The van der Waals surface area contributed by atoms with Gasteiger partial charge in [-0.3, -0.25) is 4.79 Å². The molecule has 0 atom stereocenters. The predicted molar refractivity (Wildman–Crippen MR) is 101 cm³/mol. The van der Waals surface area contributed by atoms with Crippen LogP contribution in [0, 0.1) is 13.8 Å². The summed E-state index contributed by atoms with van der Waals surface area (Å²) in [6, 6.07) is 13.9. The van der Waals surface area contributed by atoms with Crippen LogP contribution in [0.15, 0.2) is 56.8 Å². The van der Waals surface area contributed by atoms with Crippen LogP contribution in [0.3, 0.4) is 0 Å². The van der Waals surface area contributed by atoms with Gasteiger partial charge in [0.1, 0.15) is 0 Å². The molecule has 1 N–H and O–H groups in total. The van der Waals surface area contributed by atoms with E-state index in [-0.39, 0.29) is 5.91 Å². The first-order valence-electron chi connectivity index (χ1n) is 7.14. The summed E-state index contributed by atoms with van der Waals surface area (Å²) < 4.78 is 1.01. The van der Waals surface area contributed by atoms with Crippen molar-refractivity contribution in [1.82, 2.24) is 5.32 Å². The topological polar surface area (TPSA) is 41.5 Å². The lowest BCUT2D eigenvalue weighted by atomic mass is 10.1. The van der Waals surface area contributed by atoms with Crippen LogP contribution in [0.1, 0.15) is 16.7 Å². The Hall–Kier alpha value is -1.85. The first kappa shape index (κ1) is 16.0. The fourth-order valence-electron chi connectivity index (χ4n) is 2.23. The third kappa shape index (κ3) is 3.92. The highest BCUT2D eigenvalue weighted by Crippen LogP contribution is 2.29. The van der Waals surface area contributed by atoms with Crippen LogP contribution in [-0.2, 0) is 4.79 Å². The molecule has 2 aromatic carbocycles. The molecule has 0 aliphatic carbocycles. The van der Waals surface area contributed by atoms with Crippen molar-refractivity contribution in [3.63, 3.8) is 0 Å². The number of hydrogen-bond acceptors (Lipinski definition) is 3. The summed E-state index contributed by atoms with van der Waals surface area (Å²) in [5.41, 5.74) is 4.16. The van der Waals surface area contributed by atoms with E-state index in [4.69, 9.17) is 0 Å². The smallest absolute Gasteiger partial charge is 0.264 e. The Morgan fingerprint density at radius 1 is 1.13 bits per heavy atom. The van der Waals surface area contributed by atoms with Crippen molar-refractivity contribution in [3.05, 3.63) is 68.5 Å². The summed E-state index contributed by atoms with van der Waals surface area (Å²) in [5, 5.41) is 3.44. The summed E-state index contributed by atoms with van der Waals surface area (Å²) in [6.07, 6.45) is 1.87. The van der Waals surface area contributed by atoms with Crippen LogP contribution >= 0.6 is 27.7 Å². The second-order valence-electron chi connectivity index (χ2n) is 5.32. The maximum absolute atomic E-state index is 12.1. The molecule has 3 nitrogen and oxygen atoms in total. The third-order valence-corrected chi connectivity index (χ3v) is 4.83. The first-order valence-corrected chi connectivity index (χ1v) is 8.74. The zero-order valence-corrected chi connectivity index (χ0v) is 15.2. The molecule has 0 radical (unpaired) electrons. The Bertz CT molecular complexity index is 825. The Morgan fingerprint density at radius 3 is 2.57 bits per heavy atom. The summed E-state index contributed by atoms with van der Waals surface area (Å²) in [5.74, 6) is -0.110. The van der Waals surface area contributed by atoms with Gasteiger partial charge in [-0.1, -0.05) is 45.8 Å². The molecule has 116 valence electrons. The summed E-state index contributed by atoms with van der Waals surface area (Å²) in [7, 11) is 0. The summed E-state index contributed by atoms with van der Waals surface area (Å²) in [4.78, 5) is 17.3. The highest BCUT2D eigenvalue weighted by molar-refractivity contribution is 9.10. The van der Waals surface area contributed by atoms with E-state index in [0.717, 1.165) is 21.3 Å². The Labute approximate surface area is 148 Å². The molecular weight excluding hydrogens is 372 g/mol. The number of carbonyl (C=O) groups is 1. The van der Waals surface area contributed by atoms with Crippen molar-refractivity contribution in [2.24, 2.45) is 4.99 Å². The summed E-state index contributed by atoms with van der Waals surface area (Å²) >= 11 is 4.77. The molecule has 0 bridgehead atoms. The molecule has 1 fully saturated rings. The number of nitrogens with zero attached hydrogens (tertiary/aromatic N) is 1. The molecule has 2 aromatic rings. The fourth-order valence-corrected chi connectivity index (χ4v) is 3.33. The third-order valence-electron chi connectivity index (χ3n) is 3.39. The van der Waals surface area contributed by atoms with Crippen molar-refractivity contribution < 1.29 is 4.79 Å². The van der Waals surface area contributed by atoms with E-state index in [1.165, 1.54) is 17.3 Å². The number of aliphatic imine (C=N–C) groups is 1. The zero-order chi connectivity index (χ0) is 16.4. The number of rotatable bonds is 2. The lowest BCUT2D eigenvalue weighted by Crippen LogP contribution is -2.19. The van der Waals surface area contributed by atoms with Crippen LogP contribution in [0.5, 0.6) is 0 Å². The number of halogens is 1. The molecular formula is C18H15BrN2OS. The molecule has 5 heteroatoms. The number of benzene rings is 2. The molecule has 0 unspecified atom stereocenters. The average Bonchev–Trinajstić information content (AvgIpc) is 2.84. The van der Waals surface area contributed by atoms with Gasteiger partial charge in [-0.2, -0.15) is 0 Å². The second kappa shape index (κ2) is 6.72. The average molecular weight is 387 g/mol. The Balaban J connectivity index is 1.84. The van der Waals surface area contributed by atoms with Gasteiger partial charge in [0.05, 0.1) is 10.6 Å². The predicted octanol–water partition coefficient (Wildman–Crippen LogP) is 4.96. The van der Waals surface area contributed by atoms with Crippen molar-refractivity contribution in [2.45, 2.75) is 13.8 Å². The van der Waals surface area contributed by atoms with E-state index in [1.54, 1.807) is 0 Å². The minimum absolute atomic E-state index is 0.110. The van der Waals surface area contributed by atoms with Crippen LogP contribution in [0.25, 0.3) is 6.08 Å². The van der Waals surface area contributed by atoms with Crippen molar-refractivity contribution in [3.8, 4) is 0 Å². The highest BCUT2D eigenvalue weighted by Gasteiger charge is 2.23. The molecule has 3 rings (SSSR count). The van der Waals surface area contributed by atoms with Crippen molar-refractivity contribution in [2.75, 3.05) is 0 Å². The minimum Gasteiger partial charge on any atom is -0.300 e. The number of thioether (sulfide) groups is 1. The monoisotopic (exact) mass is 386 g/mol. The summed E-state index contributed by atoms with van der Waals surface area (Å²) in [6.45, 7) is 4.07. The van der Waals surface area contributed by atoms with E-state index in [9.17, 15) is 4.79 Å². The molecule has 1 aliphatic heterocycles. The Morgan fingerprint density at radius 2 is 1.87 bits per heavy atom. The van der Waals surface area contributed by atoms with Gasteiger partial charge in [0.15, 0.2) is 5.17 Å². The SMILES string of the molecule is Cc1ccc(N=C2NC(=O)/C(=C/c3ccc(Br)cc3)S2)c(C)c1. The zero-order valence-electron chi connectivity index (χ0n) is 12.8. The van der Waals surface area contributed by atoms with E-state index >= 15 is 0 Å². The molecule has 1 aliphatic rings. The van der Waals surface area contributed by atoms with E-state index in [0.29, 0.717) is 10.1 Å². The number of amides is 1. The van der Waals surface area contributed by atoms with Gasteiger partial charge in [0.2, 0.25) is 0 Å². The lowest BCUT2D eigenvalue weighted by molar-refractivity contribution is -0.115. The number of aryl methyl sites for hydroxylation is 2. The molecule has 0 spiro atoms. The van der Waals surface area contributed by atoms with Crippen molar-refractivity contribution in [1.29, 1.82) is 0 Å². The van der Waals surface area contributed by atoms with Crippen molar-refractivity contribution >= 4 is 50.5 Å². The highest BCUT2D eigenvalue weighted by atomic mass is 79.9. The molecule has 0 saturated carbocycles. The van der Waals surface area contributed by atoms with E-state index < -0.39 is 0 Å². The van der Waals surface area contributed by atoms with Gasteiger partial charge in [0.25, 0.3) is 5.91 Å². The maximum atomic E-state index is 12.1.